The van der Waals surface area contributed by atoms with Crippen LogP contribution >= 0.6 is 0 Å². The third kappa shape index (κ3) is 5.85. The van der Waals surface area contributed by atoms with Gasteiger partial charge in [0.15, 0.2) is 0 Å². The molecule has 35 heavy (non-hydrogen) atoms. The van der Waals surface area contributed by atoms with Crippen molar-refractivity contribution >= 4 is 27.3 Å². The molecule has 8 nitrogen and oxygen atoms in total. The molecule has 0 saturated heterocycles. The third-order valence-corrected chi connectivity index (χ3v) is 6.60. The third-order valence-electron chi connectivity index (χ3n) is 5.20. The van der Waals surface area contributed by atoms with Crippen LogP contribution in [0.2, 0.25) is 0 Å². The molecule has 0 atom stereocenters. The van der Waals surface area contributed by atoms with Crippen molar-refractivity contribution in [3.8, 4) is 5.75 Å². The minimum atomic E-state index is -3.86. The zero-order valence-electron chi connectivity index (χ0n) is 18.9. The summed E-state index contributed by atoms with van der Waals surface area (Å²) in [6.45, 7) is 3.97. The maximum atomic E-state index is 13.0. The topological polar surface area (TPSA) is 111 Å². The van der Waals surface area contributed by atoms with Gasteiger partial charge in [0.05, 0.1) is 16.2 Å². The van der Waals surface area contributed by atoms with Crippen molar-refractivity contribution in [3.05, 3.63) is 101 Å². The van der Waals surface area contributed by atoms with Crippen molar-refractivity contribution in [2.24, 2.45) is 0 Å². The first-order chi connectivity index (χ1) is 16.7. The largest absolute Gasteiger partial charge is 0.489 e. The molecule has 0 radical (unpaired) electrons. The van der Waals surface area contributed by atoms with Crippen LogP contribution in [-0.4, -0.2) is 19.5 Å². The lowest BCUT2D eigenvalue weighted by Crippen LogP contribution is -2.14. The first kappa shape index (κ1) is 24.0. The summed E-state index contributed by atoms with van der Waals surface area (Å²) in [7, 11) is -3.86. The average molecular weight is 496 g/mol. The van der Waals surface area contributed by atoms with E-state index in [1.807, 2.05) is 13.8 Å². The predicted molar refractivity (Wildman–Crippen MR) is 128 cm³/mol. The summed E-state index contributed by atoms with van der Waals surface area (Å²) in [6.07, 6.45) is 0. The zero-order valence-corrected chi connectivity index (χ0v) is 19.7. The van der Waals surface area contributed by atoms with E-state index in [0.717, 1.165) is 23.4 Å². The maximum Gasteiger partial charge on any atom is 0.261 e. The van der Waals surface area contributed by atoms with Crippen molar-refractivity contribution in [1.29, 1.82) is 0 Å². The highest BCUT2D eigenvalue weighted by atomic mass is 32.2. The van der Waals surface area contributed by atoms with Crippen LogP contribution in [0.25, 0.3) is 0 Å². The Morgan fingerprint density at radius 2 is 1.57 bits per heavy atom. The Bertz CT molecular complexity index is 1410. The van der Waals surface area contributed by atoms with Crippen LogP contribution in [-0.2, 0) is 16.6 Å². The summed E-state index contributed by atoms with van der Waals surface area (Å²) in [5.41, 5.74) is 2.87. The van der Waals surface area contributed by atoms with E-state index in [-0.39, 0.29) is 10.8 Å². The molecule has 10 heteroatoms. The van der Waals surface area contributed by atoms with Crippen LogP contribution in [0.5, 0.6) is 5.75 Å². The number of aromatic nitrogens is 1. The zero-order chi connectivity index (χ0) is 25.0. The lowest BCUT2D eigenvalue weighted by atomic mass is 10.2. The molecule has 0 aliphatic carbocycles. The second kappa shape index (κ2) is 9.98. The Kier molecular flexibility index (Phi) is 6.83. The molecule has 0 aliphatic heterocycles. The molecule has 0 fully saturated rings. The number of amides is 1. The molecule has 4 rings (SSSR count). The molecule has 1 aromatic heterocycles. The molecule has 1 amide bonds. The van der Waals surface area contributed by atoms with Crippen LogP contribution < -0.4 is 14.8 Å². The Balaban J connectivity index is 1.34. The molecular weight excluding hydrogens is 473 g/mol. The van der Waals surface area contributed by atoms with Gasteiger partial charge in [0.25, 0.3) is 15.9 Å². The van der Waals surface area contributed by atoms with E-state index in [2.05, 4.69) is 15.2 Å². The number of anilines is 2. The molecular formula is C25H22FN3O5S. The number of ether oxygens (including phenoxy) is 1. The Labute approximate surface area is 201 Å². The second-order valence-corrected chi connectivity index (χ2v) is 9.39. The minimum absolute atomic E-state index is 0.0598. The molecule has 0 spiro atoms. The number of hydrogen-bond acceptors (Lipinski definition) is 6. The number of nitrogens with zero attached hydrogens (tertiary/aromatic N) is 1. The molecule has 4 aromatic rings. The number of hydrogen-bond donors (Lipinski definition) is 2. The lowest BCUT2D eigenvalue weighted by molar-refractivity contribution is 0.102. The van der Waals surface area contributed by atoms with Crippen LogP contribution in [0.3, 0.4) is 0 Å². The van der Waals surface area contributed by atoms with E-state index in [4.69, 9.17) is 9.26 Å². The van der Waals surface area contributed by atoms with Crippen LogP contribution in [0.4, 0.5) is 15.8 Å². The average Bonchev–Trinajstić information content (AvgIpc) is 3.16. The molecule has 0 bridgehead atoms. The van der Waals surface area contributed by atoms with Gasteiger partial charge in [-0.15, -0.1) is 0 Å². The molecule has 3 aromatic carbocycles. The van der Waals surface area contributed by atoms with Crippen LogP contribution in [0, 0.1) is 19.7 Å². The van der Waals surface area contributed by atoms with E-state index in [1.54, 1.807) is 36.4 Å². The summed E-state index contributed by atoms with van der Waals surface area (Å²) in [5.74, 6) is 0.442. The van der Waals surface area contributed by atoms with E-state index >= 15 is 0 Å². The van der Waals surface area contributed by atoms with Crippen molar-refractivity contribution in [2.75, 3.05) is 10.0 Å². The van der Waals surface area contributed by atoms with E-state index in [1.165, 1.54) is 24.3 Å². The summed E-state index contributed by atoms with van der Waals surface area (Å²) in [6, 6.07) is 17.4. The minimum Gasteiger partial charge on any atom is -0.489 e. The van der Waals surface area contributed by atoms with E-state index in [0.29, 0.717) is 35.1 Å². The van der Waals surface area contributed by atoms with E-state index < -0.39 is 15.8 Å². The van der Waals surface area contributed by atoms with E-state index in [9.17, 15) is 17.6 Å². The Hall–Kier alpha value is -4.18. The fourth-order valence-electron chi connectivity index (χ4n) is 3.22. The van der Waals surface area contributed by atoms with Gasteiger partial charge in [0.2, 0.25) is 0 Å². The molecule has 180 valence electrons. The van der Waals surface area contributed by atoms with Crippen LogP contribution in [0.15, 0.2) is 82.2 Å². The fourth-order valence-corrected chi connectivity index (χ4v) is 4.28. The van der Waals surface area contributed by atoms with Crippen molar-refractivity contribution in [1.82, 2.24) is 5.16 Å². The van der Waals surface area contributed by atoms with Gasteiger partial charge in [-0.2, -0.15) is 0 Å². The smallest absolute Gasteiger partial charge is 0.261 e. The van der Waals surface area contributed by atoms with Gasteiger partial charge in [0, 0.05) is 16.9 Å². The first-order valence-corrected chi connectivity index (χ1v) is 12.0. The van der Waals surface area contributed by atoms with Crippen LogP contribution in [0.1, 0.15) is 27.4 Å². The number of rotatable bonds is 8. The first-order valence-electron chi connectivity index (χ1n) is 10.6. The van der Waals surface area contributed by atoms with Gasteiger partial charge in [-0.1, -0.05) is 5.16 Å². The number of carbonyl (C=O) groups excluding carboxylic acids is 1. The standard InChI is InChI=1S/C25H22FN3O5S/c1-16-24(17(2)34-28-16)15-33-22-11-3-18(4-12-22)25(30)27-20-7-9-21(10-8-20)29-35(31,32)23-13-5-19(26)6-14-23/h3-14,29H,15H2,1-2H3,(H,27,30). The Morgan fingerprint density at radius 3 is 2.17 bits per heavy atom. The second-order valence-electron chi connectivity index (χ2n) is 7.71. The van der Waals surface area contributed by atoms with Gasteiger partial charge in [0.1, 0.15) is 23.9 Å². The number of nitrogens with one attached hydrogen (secondary N) is 2. The summed E-state index contributed by atoms with van der Waals surface area (Å²) < 4.78 is 51.2. The number of halogens is 1. The molecule has 0 aliphatic rings. The fraction of sp³-hybridized carbons (Fsp3) is 0.120. The normalized spacial score (nSPS) is 11.2. The summed E-state index contributed by atoms with van der Waals surface area (Å²) in [4.78, 5) is 12.5. The molecule has 0 saturated carbocycles. The number of benzene rings is 3. The SMILES string of the molecule is Cc1noc(C)c1COc1ccc(C(=O)Nc2ccc(NS(=O)(=O)c3ccc(F)cc3)cc2)cc1. The highest BCUT2D eigenvalue weighted by Crippen LogP contribution is 2.21. The molecule has 2 N–H and O–H groups in total. The number of aryl methyl sites for hydroxylation is 2. The van der Waals surface area contributed by atoms with Gasteiger partial charge in [-0.05, 0) is 86.6 Å². The van der Waals surface area contributed by atoms with Gasteiger partial charge >= 0.3 is 0 Å². The van der Waals surface area contributed by atoms with Crippen molar-refractivity contribution < 1.29 is 26.9 Å². The Morgan fingerprint density at radius 1 is 0.943 bits per heavy atom. The van der Waals surface area contributed by atoms with Gasteiger partial charge in [-0.25, -0.2) is 12.8 Å². The van der Waals surface area contributed by atoms with Gasteiger partial charge in [-0.3, -0.25) is 9.52 Å². The predicted octanol–water partition coefficient (Wildman–Crippen LogP) is 5.06. The molecule has 0 unspecified atom stereocenters. The number of carbonyl (C=O) groups is 1. The van der Waals surface area contributed by atoms with Crippen molar-refractivity contribution in [2.45, 2.75) is 25.3 Å². The quantitative estimate of drug-likeness (QED) is 0.353. The lowest BCUT2D eigenvalue weighted by Gasteiger charge is -2.10. The van der Waals surface area contributed by atoms with Gasteiger partial charge < -0.3 is 14.6 Å². The maximum absolute atomic E-state index is 13.0. The molecule has 1 heterocycles. The number of sulfonamides is 1. The highest BCUT2D eigenvalue weighted by Gasteiger charge is 2.15. The van der Waals surface area contributed by atoms with Crippen molar-refractivity contribution in [3.63, 3.8) is 0 Å². The summed E-state index contributed by atoms with van der Waals surface area (Å²) >= 11 is 0. The highest BCUT2D eigenvalue weighted by molar-refractivity contribution is 7.92. The monoisotopic (exact) mass is 495 g/mol. The summed E-state index contributed by atoms with van der Waals surface area (Å²) in [5, 5.41) is 6.65.